The van der Waals surface area contributed by atoms with E-state index in [4.69, 9.17) is 11.0 Å². The molecule has 68 valence electrons. The molecule has 0 aliphatic carbocycles. The van der Waals surface area contributed by atoms with E-state index in [1.165, 1.54) is 12.1 Å². The predicted molar refractivity (Wildman–Crippen MR) is 46.1 cm³/mol. The minimum atomic E-state index is -0.427. The maximum Gasteiger partial charge on any atom is 0.144 e. The summed E-state index contributed by atoms with van der Waals surface area (Å²) in [4.78, 5) is 3.94. The molecule has 0 amide bonds. The van der Waals surface area contributed by atoms with E-state index in [1.807, 2.05) is 6.07 Å². The summed E-state index contributed by atoms with van der Waals surface area (Å²) >= 11 is 0. The van der Waals surface area contributed by atoms with E-state index >= 15 is 0 Å². The maximum absolute atomic E-state index is 12.8. The number of aryl methyl sites for hydroxylation is 1. The molecule has 0 spiro atoms. The highest BCUT2D eigenvalue weighted by atomic mass is 19.1. The van der Waals surface area contributed by atoms with Gasteiger partial charge in [-0.15, -0.1) is 0 Å². The van der Waals surface area contributed by atoms with Crippen LogP contribution in [0.1, 0.15) is 23.9 Å². The number of hydrogen-bond donors (Lipinski definition) is 1. The lowest BCUT2D eigenvalue weighted by molar-refractivity contribution is 0.601. The number of nitriles is 1. The number of hydrogen-bond acceptors (Lipinski definition) is 3. The van der Waals surface area contributed by atoms with Crippen LogP contribution >= 0.6 is 0 Å². The van der Waals surface area contributed by atoms with Crippen molar-refractivity contribution in [2.45, 2.75) is 19.4 Å². The van der Waals surface area contributed by atoms with Gasteiger partial charge in [0.1, 0.15) is 5.82 Å². The van der Waals surface area contributed by atoms with E-state index in [-0.39, 0.29) is 12.2 Å². The van der Waals surface area contributed by atoms with Gasteiger partial charge in [-0.25, -0.2) is 4.39 Å². The summed E-state index contributed by atoms with van der Waals surface area (Å²) in [6.07, 6.45) is 0.193. The highest BCUT2D eigenvalue weighted by Crippen LogP contribution is 2.12. The summed E-state index contributed by atoms with van der Waals surface area (Å²) in [6, 6.07) is 4.33. The summed E-state index contributed by atoms with van der Waals surface area (Å²) in [5.74, 6) is -0.354. The average molecular weight is 179 g/mol. The van der Waals surface area contributed by atoms with E-state index in [1.54, 1.807) is 6.92 Å². The fourth-order valence-electron chi connectivity index (χ4n) is 0.973. The Bertz CT molecular complexity index is 343. The fourth-order valence-corrected chi connectivity index (χ4v) is 0.973. The lowest BCUT2D eigenvalue weighted by Crippen LogP contribution is -2.12. The molecule has 1 aromatic heterocycles. The molecule has 0 saturated carbocycles. The van der Waals surface area contributed by atoms with Gasteiger partial charge in [-0.3, -0.25) is 4.98 Å². The molecule has 3 nitrogen and oxygen atoms in total. The van der Waals surface area contributed by atoms with E-state index in [0.29, 0.717) is 11.4 Å². The topological polar surface area (TPSA) is 62.7 Å². The molecular weight excluding hydrogens is 169 g/mol. The fraction of sp³-hybridized carbons (Fsp3) is 0.333. The lowest BCUT2D eigenvalue weighted by Gasteiger charge is -2.07. The third-order valence-corrected chi connectivity index (χ3v) is 1.73. The standard InChI is InChI=1S/C9H10FN3/c1-6-7(10)2-3-9(13-6)8(12)4-5-11/h2-3,8H,4,12H2,1H3/t8-/m1/s1. The van der Waals surface area contributed by atoms with Crippen LogP contribution in [0.2, 0.25) is 0 Å². The zero-order chi connectivity index (χ0) is 9.84. The molecule has 13 heavy (non-hydrogen) atoms. The molecule has 0 radical (unpaired) electrons. The molecule has 1 rings (SSSR count). The predicted octanol–water partition coefficient (Wildman–Crippen LogP) is 1.44. The Labute approximate surface area is 76.0 Å². The Morgan fingerprint density at radius 1 is 1.69 bits per heavy atom. The summed E-state index contributed by atoms with van der Waals surface area (Å²) in [5.41, 5.74) is 6.48. The Morgan fingerprint density at radius 2 is 2.38 bits per heavy atom. The monoisotopic (exact) mass is 179 g/mol. The summed E-state index contributed by atoms with van der Waals surface area (Å²) in [7, 11) is 0. The Balaban J connectivity index is 2.91. The lowest BCUT2D eigenvalue weighted by atomic mass is 10.1. The first-order valence-electron chi connectivity index (χ1n) is 3.90. The van der Waals surface area contributed by atoms with Crippen LogP contribution in [0.15, 0.2) is 12.1 Å². The summed E-state index contributed by atoms with van der Waals surface area (Å²) in [6.45, 7) is 1.57. The van der Waals surface area contributed by atoms with Crippen molar-refractivity contribution in [3.8, 4) is 6.07 Å². The van der Waals surface area contributed by atoms with E-state index < -0.39 is 6.04 Å². The minimum absolute atomic E-state index is 0.193. The maximum atomic E-state index is 12.8. The SMILES string of the molecule is Cc1nc([C@H](N)CC#N)ccc1F. The number of pyridine rings is 1. The zero-order valence-electron chi connectivity index (χ0n) is 7.29. The second-order valence-electron chi connectivity index (χ2n) is 2.77. The first kappa shape index (κ1) is 9.62. The van der Waals surface area contributed by atoms with Crippen LogP contribution in [0.5, 0.6) is 0 Å². The Kier molecular flexibility index (Phi) is 2.93. The third-order valence-electron chi connectivity index (χ3n) is 1.73. The van der Waals surface area contributed by atoms with Crippen molar-refractivity contribution in [2.24, 2.45) is 5.73 Å². The number of nitrogens with zero attached hydrogens (tertiary/aromatic N) is 2. The molecular formula is C9H10FN3. The summed E-state index contributed by atoms with van der Waals surface area (Å²) < 4.78 is 12.8. The van der Waals surface area contributed by atoms with Gasteiger partial charge in [0.05, 0.1) is 29.9 Å². The Morgan fingerprint density at radius 3 is 2.92 bits per heavy atom. The Hall–Kier alpha value is -1.47. The number of aromatic nitrogens is 1. The molecule has 4 heteroatoms. The molecule has 0 fully saturated rings. The summed E-state index contributed by atoms with van der Waals surface area (Å²) in [5, 5.41) is 8.39. The van der Waals surface area contributed by atoms with Gasteiger partial charge in [0.2, 0.25) is 0 Å². The zero-order valence-corrected chi connectivity index (χ0v) is 7.29. The normalized spacial score (nSPS) is 12.2. The van der Waals surface area contributed by atoms with Gasteiger partial charge in [-0.05, 0) is 19.1 Å². The van der Waals surface area contributed by atoms with Gasteiger partial charge in [-0.2, -0.15) is 5.26 Å². The molecule has 1 atom stereocenters. The average Bonchev–Trinajstić information content (AvgIpc) is 2.10. The van der Waals surface area contributed by atoms with Gasteiger partial charge >= 0.3 is 0 Å². The van der Waals surface area contributed by atoms with Crippen LogP contribution in [-0.4, -0.2) is 4.98 Å². The molecule has 0 saturated heterocycles. The minimum Gasteiger partial charge on any atom is -0.322 e. The van der Waals surface area contributed by atoms with Crippen molar-refractivity contribution < 1.29 is 4.39 Å². The van der Waals surface area contributed by atoms with Crippen LogP contribution < -0.4 is 5.73 Å². The van der Waals surface area contributed by atoms with Gasteiger partial charge in [-0.1, -0.05) is 0 Å². The van der Waals surface area contributed by atoms with Crippen LogP contribution in [0.25, 0.3) is 0 Å². The van der Waals surface area contributed by atoms with Crippen molar-refractivity contribution in [2.75, 3.05) is 0 Å². The molecule has 0 unspecified atom stereocenters. The van der Waals surface area contributed by atoms with Gasteiger partial charge in [0, 0.05) is 0 Å². The molecule has 0 bridgehead atoms. The molecule has 2 N–H and O–H groups in total. The largest absolute Gasteiger partial charge is 0.322 e. The van der Waals surface area contributed by atoms with Crippen molar-refractivity contribution in [1.82, 2.24) is 4.98 Å². The first-order valence-corrected chi connectivity index (χ1v) is 3.90. The van der Waals surface area contributed by atoms with Crippen LogP contribution in [-0.2, 0) is 0 Å². The number of halogens is 1. The second kappa shape index (κ2) is 3.97. The van der Waals surface area contributed by atoms with Gasteiger partial charge in [0.25, 0.3) is 0 Å². The van der Waals surface area contributed by atoms with Crippen molar-refractivity contribution in [3.05, 3.63) is 29.3 Å². The molecule has 0 aromatic carbocycles. The van der Waals surface area contributed by atoms with Crippen LogP contribution in [0.4, 0.5) is 4.39 Å². The van der Waals surface area contributed by atoms with Crippen molar-refractivity contribution in [1.29, 1.82) is 5.26 Å². The first-order chi connectivity index (χ1) is 6.15. The highest BCUT2D eigenvalue weighted by molar-refractivity contribution is 5.15. The molecule has 0 aliphatic heterocycles. The molecule has 1 heterocycles. The van der Waals surface area contributed by atoms with Crippen LogP contribution in [0, 0.1) is 24.1 Å². The van der Waals surface area contributed by atoms with Gasteiger partial charge < -0.3 is 5.73 Å². The highest BCUT2D eigenvalue weighted by Gasteiger charge is 2.08. The smallest absolute Gasteiger partial charge is 0.144 e. The van der Waals surface area contributed by atoms with Gasteiger partial charge in [0.15, 0.2) is 0 Å². The number of nitrogens with two attached hydrogens (primary N) is 1. The van der Waals surface area contributed by atoms with E-state index in [0.717, 1.165) is 0 Å². The second-order valence-corrected chi connectivity index (χ2v) is 2.77. The van der Waals surface area contributed by atoms with Crippen molar-refractivity contribution in [3.63, 3.8) is 0 Å². The quantitative estimate of drug-likeness (QED) is 0.747. The van der Waals surface area contributed by atoms with E-state index in [9.17, 15) is 4.39 Å². The van der Waals surface area contributed by atoms with Crippen LogP contribution in [0.3, 0.4) is 0 Å². The van der Waals surface area contributed by atoms with Crippen molar-refractivity contribution >= 4 is 0 Å². The molecule has 1 aromatic rings. The third kappa shape index (κ3) is 2.23. The van der Waals surface area contributed by atoms with E-state index in [2.05, 4.69) is 4.98 Å². The number of rotatable bonds is 2. The molecule has 0 aliphatic rings.